The number of carbonyl (C=O) groups is 2. The zero-order valence-electron chi connectivity index (χ0n) is 18.8. The molecule has 2 aliphatic heterocycles. The first kappa shape index (κ1) is 24.6. The van der Waals surface area contributed by atoms with Crippen molar-refractivity contribution in [2.45, 2.75) is 63.2 Å². The van der Waals surface area contributed by atoms with Gasteiger partial charge in [-0.05, 0) is 50.3 Å². The van der Waals surface area contributed by atoms with Gasteiger partial charge in [0.15, 0.2) is 0 Å². The van der Waals surface area contributed by atoms with E-state index >= 15 is 0 Å². The first-order valence-electron chi connectivity index (χ1n) is 11.7. The highest BCUT2D eigenvalue weighted by Crippen LogP contribution is 2.25. The molecule has 3 rings (SSSR count). The number of halogens is 1. The zero-order chi connectivity index (χ0) is 23.1. The Hall–Kier alpha value is -2.00. The van der Waals surface area contributed by atoms with E-state index in [-0.39, 0.29) is 23.3 Å². The normalized spacial score (nSPS) is 18.5. The van der Waals surface area contributed by atoms with Crippen molar-refractivity contribution in [1.29, 1.82) is 0 Å². The van der Waals surface area contributed by atoms with E-state index in [0.717, 1.165) is 50.7 Å². The molecular weight excluding hydrogens is 433 g/mol. The number of piperidine rings is 2. The van der Waals surface area contributed by atoms with Crippen molar-refractivity contribution in [3.05, 3.63) is 29.6 Å². The van der Waals surface area contributed by atoms with Gasteiger partial charge in [-0.2, -0.15) is 4.31 Å². The summed E-state index contributed by atoms with van der Waals surface area (Å²) in [6.45, 7) is 4.36. The molecule has 0 spiro atoms. The number of nitrogens with one attached hydrogen (secondary N) is 1. The Morgan fingerprint density at radius 2 is 1.75 bits per heavy atom. The number of amides is 2. The van der Waals surface area contributed by atoms with Crippen LogP contribution in [0, 0.1) is 11.7 Å². The predicted molar refractivity (Wildman–Crippen MR) is 120 cm³/mol. The molecule has 1 N–H and O–H groups in total. The standard InChI is InChI=1S/C23H34FN3O4S/c1-2-3-5-12-25-22(28)18-10-15-26(16-11-18)23(29)19-8-9-20(24)21(17-19)32(30,31)27-13-6-4-7-14-27/h8-9,17-18H,2-7,10-16H2,1H3,(H,25,28). The average Bonchev–Trinajstić information content (AvgIpc) is 2.82. The zero-order valence-corrected chi connectivity index (χ0v) is 19.6. The van der Waals surface area contributed by atoms with Crippen molar-refractivity contribution in [2.24, 2.45) is 5.92 Å². The molecule has 1 aromatic carbocycles. The summed E-state index contributed by atoms with van der Waals surface area (Å²) in [5.41, 5.74) is 0.157. The molecule has 0 bridgehead atoms. The fourth-order valence-electron chi connectivity index (χ4n) is 4.34. The molecule has 178 valence electrons. The fourth-order valence-corrected chi connectivity index (χ4v) is 5.94. The Bertz CT molecular complexity index is 908. The van der Waals surface area contributed by atoms with Crippen LogP contribution in [0.2, 0.25) is 0 Å². The van der Waals surface area contributed by atoms with E-state index in [1.807, 2.05) is 0 Å². The minimum atomic E-state index is -3.98. The molecule has 9 heteroatoms. The van der Waals surface area contributed by atoms with Gasteiger partial charge in [-0.15, -0.1) is 0 Å². The summed E-state index contributed by atoms with van der Waals surface area (Å²) in [7, 11) is -3.98. The Morgan fingerprint density at radius 1 is 1.06 bits per heavy atom. The van der Waals surface area contributed by atoms with Gasteiger partial charge in [0.05, 0.1) is 0 Å². The molecule has 0 aromatic heterocycles. The third-order valence-electron chi connectivity index (χ3n) is 6.34. The van der Waals surface area contributed by atoms with Crippen LogP contribution in [0.3, 0.4) is 0 Å². The number of carbonyl (C=O) groups excluding carboxylic acids is 2. The summed E-state index contributed by atoms with van der Waals surface area (Å²) in [6.07, 6.45) is 6.73. The molecule has 0 unspecified atom stereocenters. The SMILES string of the molecule is CCCCCNC(=O)C1CCN(C(=O)c2ccc(F)c(S(=O)(=O)N3CCCCC3)c2)CC1. The van der Waals surface area contributed by atoms with Crippen LogP contribution in [0.1, 0.15) is 68.6 Å². The Balaban J connectivity index is 1.62. The second kappa shape index (κ2) is 11.2. The largest absolute Gasteiger partial charge is 0.356 e. The van der Waals surface area contributed by atoms with Crippen LogP contribution in [-0.2, 0) is 14.8 Å². The number of unbranched alkanes of at least 4 members (excludes halogenated alkanes) is 2. The molecule has 0 saturated carbocycles. The lowest BCUT2D eigenvalue weighted by Gasteiger charge is -2.31. The highest BCUT2D eigenvalue weighted by molar-refractivity contribution is 7.89. The highest BCUT2D eigenvalue weighted by atomic mass is 32.2. The molecule has 7 nitrogen and oxygen atoms in total. The summed E-state index contributed by atoms with van der Waals surface area (Å²) >= 11 is 0. The Morgan fingerprint density at radius 3 is 2.41 bits per heavy atom. The van der Waals surface area contributed by atoms with E-state index in [1.165, 1.54) is 10.4 Å². The minimum absolute atomic E-state index is 0.0323. The van der Waals surface area contributed by atoms with Crippen LogP contribution in [0.15, 0.2) is 23.1 Å². The average molecular weight is 468 g/mol. The molecule has 0 atom stereocenters. The van der Waals surface area contributed by atoms with Crippen LogP contribution in [-0.4, -0.2) is 62.2 Å². The smallest absolute Gasteiger partial charge is 0.253 e. The van der Waals surface area contributed by atoms with Crippen LogP contribution < -0.4 is 5.32 Å². The molecule has 2 saturated heterocycles. The molecule has 32 heavy (non-hydrogen) atoms. The van der Waals surface area contributed by atoms with Crippen LogP contribution >= 0.6 is 0 Å². The maximum Gasteiger partial charge on any atom is 0.253 e. The Kier molecular flexibility index (Phi) is 8.64. The van der Waals surface area contributed by atoms with Crippen molar-refractivity contribution >= 4 is 21.8 Å². The van der Waals surface area contributed by atoms with E-state index in [4.69, 9.17) is 0 Å². The number of sulfonamides is 1. The number of nitrogens with zero attached hydrogens (tertiary/aromatic N) is 2. The summed E-state index contributed by atoms with van der Waals surface area (Å²) in [6, 6.07) is 3.55. The number of hydrogen-bond acceptors (Lipinski definition) is 4. The van der Waals surface area contributed by atoms with Gasteiger partial charge in [0.25, 0.3) is 5.91 Å². The van der Waals surface area contributed by atoms with Gasteiger partial charge in [-0.1, -0.05) is 26.2 Å². The molecule has 0 radical (unpaired) electrons. The van der Waals surface area contributed by atoms with Crippen LogP contribution in [0.5, 0.6) is 0 Å². The van der Waals surface area contributed by atoms with Crippen molar-refractivity contribution in [3.63, 3.8) is 0 Å². The molecule has 1 aromatic rings. The molecule has 2 fully saturated rings. The first-order valence-corrected chi connectivity index (χ1v) is 13.1. The fraction of sp³-hybridized carbons (Fsp3) is 0.652. The van der Waals surface area contributed by atoms with E-state index < -0.39 is 20.7 Å². The number of benzene rings is 1. The van der Waals surface area contributed by atoms with Crippen molar-refractivity contribution in [1.82, 2.24) is 14.5 Å². The van der Waals surface area contributed by atoms with Crippen molar-refractivity contribution in [2.75, 3.05) is 32.7 Å². The topological polar surface area (TPSA) is 86.8 Å². The second-order valence-corrected chi connectivity index (χ2v) is 10.6. The summed E-state index contributed by atoms with van der Waals surface area (Å²) in [5, 5.41) is 2.97. The molecular formula is C23H34FN3O4S. The monoisotopic (exact) mass is 467 g/mol. The molecule has 2 heterocycles. The van der Waals surface area contributed by atoms with Crippen LogP contribution in [0.4, 0.5) is 4.39 Å². The Labute approximate surface area is 190 Å². The predicted octanol–water partition coefficient (Wildman–Crippen LogP) is 3.16. The quantitative estimate of drug-likeness (QED) is 0.595. The maximum atomic E-state index is 14.4. The van der Waals surface area contributed by atoms with Gasteiger partial charge in [-0.3, -0.25) is 9.59 Å². The highest BCUT2D eigenvalue weighted by Gasteiger charge is 2.31. The molecule has 2 aliphatic rings. The number of hydrogen-bond donors (Lipinski definition) is 1. The van der Waals surface area contributed by atoms with E-state index in [2.05, 4.69) is 12.2 Å². The minimum Gasteiger partial charge on any atom is -0.356 e. The molecule has 2 amide bonds. The second-order valence-electron chi connectivity index (χ2n) is 8.67. The van der Waals surface area contributed by atoms with Gasteiger partial charge < -0.3 is 10.2 Å². The number of rotatable bonds is 8. The van der Waals surface area contributed by atoms with Gasteiger partial charge in [-0.25, -0.2) is 12.8 Å². The third kappa shape index (κ3) is 5.86. The van der Waals surface area contributed by atoms with Crippen molar-refractivity contribution < 1.29 is 22.4 Å². The lowest BCUT2D eigenvalue weighted by Crippen LogP contribution is -2.43. The summed E-state index contributed by atoms with van der Waals surface area (Å²) in [5.74, 6) is -1.26. The van der Waals surface area contributed by atoms with Crippen LogP contribution in [0.25, 0.3) is 0 Å². The summed E-state index contributed by atoms with van der Waals surface area (Å²) < 4.78 is 41.6. The van der Waals surface area contributed by atoms with E-state index in [0.29, 0.717) is 45.6 Å². The van der Waals surface area contributed by atoms with Gasteiger partial charge in [0.1, 0.15) is 10.7 Å². The van der Waals surface area contributed by atoms with Crippen molar-refractivity contribution in [3.8, 4) is 0 Å². The molecule has 0 aliphatic carbocycles. The number of likely N-dealkylation sites (tertiary alicyclic amines) is 1. The first-order chi connectivity index (χ1) is 15.3. The van der Waals surface area contributed by atoms with Gasteiger partial charge in [0, 0.05) is 44.2 Å². The van der Waals surface area contributed by atoms with E-state index in [1.54, 1.807) is 4.90 Å². The van der Waals surface area contributed by atoms with Gasteiger partial charge in [0.2, 0.25) is 15.9 Å². The summed E-state index contributed by atoms with van der Waals surface area (Å²) in [4.78, 5) is 26.5. The lowest BCUT2D eigenvalue weighted by molar-refractivity contribution is -0.126. The third-order valence-corrected chi connectivity index (χ3v) is 8.26. The van der Waals surface area contributed by atoms with E-state index in [9.17, 15) is 22.4 Å². The maximum absolute atomic E-state index is 14.4. The van der Waals surface area contributed by atoms with Gasteiger partial charge >= 0.3 is 0 Å². The lowest BCUT2D eigenvalue weighted by atomic mass is 9.95.